The molecule has 2 aromatic rings. The summed E-state index contributed by atoms with van der Waals surface area (Å²) in [6.45, 7) is 0.758. The molecule has 0 N–H and O–H groups in total. The normalized spacial score (nSPS) is 10.8. The average Bonchev–Trinajstić information content (AvgIpc) is 2.86. The van der Waals surface area contributed by atoms with Gasteiger partial charge in [-0.1, -0.05) is 6.07 Å². The number of nitrogens with zero attached hydrogens (tertiary/aromatic N) is 2. The van der Waals surface area contributed by atoms with Crippen LogP contribution in [0.25, 0.3) is 0 Å². The third kappa shape index (κ3) is 2.59. The summed E-state index contributed by atoms with van der Waals surface area (Å²) in [5.74, 6) is -0.109. The van der Waals surface area contributed by atoms with Crippen molar-refractivity contribution < 1.29 is 9.15 Å². The quantitative estimate of drug-likeness (QED) is 0.790. The lowest BCUT2D eigenvalue weighted by Crippen LogP contribution is -2.16. The van der Waals surface area contributed by atoms with E-state index < -0.39 is 5.76 Å². The Bertz CT molecular complexity index is 486. The molecule has 16 heavy (non-hydrogen) atoms. The van der Waals surface area contributed by atoms with Gasteiger partial charge in [-0.3, -0.25) is 0 Å². The van der Waals surface area contributed by atoms with Gasteiger partial charge in [-0.2, -0.15) is 4.68 Å². The van der Waals surface area contributed by atoms with Gasteiger partial charge in [-0.05, 0) is 11.4 Å². The maximum absolute atomic E-state index is 11.4. The molecule has 2 aromatic heterocycles. The van der Waals surface area contributed by atoms with Crippen LogP contribution in [0.2, 0.25) is 0 Å². The largest absolute Gasteiger partial charge is 0.437 e. The van der Waals surface area contributed by atoms with Crippen molar-refractivity contribution in [3.05, 3.63) is 38.8 Å². The van der Waals surface area contributed by atoms with Crippen LogP contribution < -0.4 is 5.76 Å². The molecule has 0 aromatic carbocycles. The van der Waals surface area contributed by atoms with E-state index in [0.717, 1.165) is 6.42 Å². The van der Waals surface area contributed by atoms with Crippen LogP contribution in [0, 0.1) is 0 Å². The minimum Gasteiger partial charge on any atom is -0.390 e. The molecule has 0 unspecified atom stereocenters. The smallest absolute Gasteiger partial charge is 0.390 e. The van der Waals surface area contributed by atoms with Crippen molar-refractivity contribution in [2.45, 2.75) is 19.6 Å². The fraction of sp³-hybridized carbons (Fsp3) is 0.400. The first-order chi connectivity index (χ1) is 7.79. The molecule has 0 fully saturated rings. The van der Waals surface area contributed by atoms with Gasteiger partial charge in [0.15, 0.2) is 0 Å². The van der Waals surface area contributed by atoms with Gasteiger partial charge in [-0.15, -0.1) is 16.4 Å². The maximum atomic E-state index is 11.4. The summed E-state index contributed by atoms with van der Waals surface area (Å²) in [7, 11) is 1.53. The molecule has 0 saturated heterocycles. The SMILES string of the molecule is COCc1nn(CCc2cccs2)c(=O)o1. The molecule has 0 aliphatic carbocycles. The van der Waals surface area contributed by atoms with Crippen molar-refractivity contribution >= 4 is 11.3 Å². The third-order valence-electron chi connectivity index (χ3n) is 2.07. The van der Waals surface area contributed by atoms with Crippen molar-refractivity contribution in [1.82, 2.24) is 9.78 Å². The first-order valence-corrected chi connectivity index (χ1v) is 5.75. The summed E-state index contributed by atoms with van der Waals surface area (Å²) in [5.41, 5.74) is 0. The van der Waals surface area contributed by atoms with E-state index in [4.69, 9.17) is 9.15 Å². The van der Waals surface area contributed by atoms with E-state index in [0.29, 0.717) is 12.4 Å². The summed E-state index contributed by atoms with van der Waals surface area (Å²) in [6.07, 6.45) is 0.788. The Labute approximate surface area is 96.3 Å². The first-order valence-electron chi connectivity index (χ1n) is 4.88. The molecule has 0 aliphatic heterocycles. The first kappa shape index (κ1) is 11.1. The van der Waals surface area contributed by atoms with Crippen molar-refractivity contribution in [3.8, 4) is 0 Å². The Balaban J connectivity index is 2.01. The predicted octanol–water partition coefficient (Wildman–Crippen LogP) is 1.29. The molecule has 0 amide bonds. The highest BCUT2D eigenvalue weighted by Crippen LogP contribution is 2.09. The molecule has 0 atom stereocenters. The molecule has 5 nitrogen and oxygen atoms in total. The Kier molecular flexibility index (Phi) is 3.53. The molecular weight excluding hydrogens is 228 g/mol. The second kappa shape index (κ2) is 5.09. The van der Waals surface area contributed by atoms with E-state index in [9.17, 15) is 4.79 Å². The number of hydrogen-bond donors (Lipinski definition) is 0. The van der Waals surface area contributed by atoms with Crippen LogP contribution in [-0.4, -0.2) is 16.9 Å². The lowest BCUT2D eigenvalue weighted by Gasteiger charge is -1.95. The average molecular weight is 240 g/mol. The zero-order chi connectivity index (χ0) is 11.4. The minimum atomic E-state index is -0.427. The number of aromatic nitrogens is 2. The number of thiophene rings is 1. The van der Waals surface area contributed by atoms with Gasteiger partial charge in [0.25, 0.3) is 0 Å². The van der Waals surface area contributed by atoms with E-state index in [1.165, 1.54) is 16.7 Å². The molecule has 0 bridgehead atoms. The van der Waals surface area contributed by atoms with Crippen molar-refractivity contribution in [1.29, 1.82) is 0 Å². The summed E-state index contributed by atoms with van der Waals surface area (Å²) in [5, 5.41) is 6.03. The Morgan fingerprint density at radius 3 is 3.19 bits per heavy atom. The van der Waals surface area contributed by atoms with Crippen LogP contribution in [0.5, 0.6) is 0 Å². The molecule has 2 rings (SSSR count). The number of rotatable bonds is 5. The minimum absolute atomic E-state index is 0.223. The lowest BCUT2D eigenvalue weighted by molar-refractivity contribution is 0.158. The Morgan fingerprint density at radius 1 is 1.62 bits per heavy atom. The van der Waals surface area contributed by atoms with E-state index in [-0.39, 0.29) is 6.61 Å². The molecular formula is C10H12N2O3S. The highest BCUT2D eigenvalue weighted by Gasteiger charge is 2.07. The third-order valence-corrected chi connectivity index (χ3v) is 3.00. The Hall–Kier alpha value is -1.40. The van der Waals surface area contributed by atoms with Gasteiger partial charge in [0, 0.05) is 18.4 Å². The molecule has 0 aliphatic rings. The fourth-order valence-electron chi connectivity index (χ4n) is 1.34. The van der Waals surface area contributed by atoms with Crippen LogP contribution in [0.4, 0.5) is 0 Å². The molecule has 2 heterocycles. The zero-order valence-electron chi connectivity index (χ0n) is 8.88. The molecule has 6 heteroatoms. The topological polar surface area (TPSA) is 57.3 Å². The number of methoxy groups -OCH3 is 1. The van der Waals surface area contributed by atoms with Gasteiger partial charge >= 0.3 is 5.76 Å². The highest BCUT2D eigenvalue weighted by molar-refractivity contribution is 7.09. The van der Waals surface area contributed by atoms with Crippen molar-refractivity contribution in [3.63, 3.8) is 0 Å². The van der Waals surface area contributed by atoms with E-state index >= 15 is 0 Å². The second-order valence-electron chi connectivity index (χ2n) is 3.25. The van der Waals surface area contributed by atoms with Gasteiger partial charge in [0.1, 0.15) is 6.61 Å². The van der Waals surface area contributed by atoms with Crippen LogP contribution in [-0.2, 0) is 24.3 Å². The predicted molar refractivity (Wildman–Crippen MR) is 59.5 cm³/mol. The number of hydrogen-bond acceptors (Lipinski definition) is 5. The number of aryl methyl sites for hydroxylation is 2. The van der Waals surface area contributed by atoms with Crippen LogP contribution in [0.1, 0.15) is 10.8 Å². The van der Waals surface area contributed by atoms with E-state index in [2.05, 4.69) is 5.10 Å². The molecule has 0 saturated carbocycles. The van der Waals surface area contributed by atoms with E-state index in [1.54, 1.807) is 11.3 Å². The highest BCUT2D eigenvalue weighted by atomic mass is 32.1. The standard InChI is InChI=1S/C10H12N2O3S/c1-14-7-9-11-12(10(13)15-9)5-4-8-3-2-6-16-8/h2-3,6H,4-5,7H2,1H3. The second-order valence-corrected chi connectivity index (χ2v) is 4.28. The lowest BCUT2D eigenvalue weighted by atomic mass is 10.3. The summed E-state index contributed by atoms with van der Waals surface area (Å²) < 4.78 is 11.1. The van der Waals surface area contributed by atoms with Gasteiger partial charge in [0.2, 0.25) is 5.89 Å². The van der Waals surface area contributed by atoms with Crippen LogP contribution in [0.15, 0.2) is 26.7 Å². The van der Waals surface area contributed by atoms with Crippen LogP contribution in [0.3, 0.4) is 0 Å². The summed E-state index contributed by atoms with van der Waals surface area (Å²) in [6, 6.07) is 4.02. The molecule has 0 radical (unpaired) electrons. The monoisotopic (exact) mass is 240 g/mol. The van der Waals surface area contributed by atoms with Crippen molar-refractivity contribution in [2.75, 3.05) is 7.11 Å². The van der Waals surface area contributed by atoms with Crippen molar-refractivity contribution in [2.24, 2.45) is 0 Å². The van der Waals surface area contributed by atoms with Crippen LogP contribution >= 0.6 is 11.3 Å². The van der Waals surface area contributed by atoms with Gasteiger partial charge in [-0.25, -0.2) is 4.79 Å². The number of ether oxygens (including phenoxy) is 1. The maximum Gasteiger partial charge on any atom is 0.437 e. The zero-order valence-corrected chi connectivity index (χ0v) is 9.70. The van der Waals surface area contributed by atoms with Gasteiger partial charge < -0.3 is 9.15 Å². The molecule has 86 valence electrons. The molecule has 0 spiro atoms. The summed E-state index contributed by atoms with van der Waals surface area (Å²) in [4.78, 5) is 12.6. The van der Waals surface area contributed by atoms with E-state index in [1.807, 2.05) is 17.5 Å². The van der Waals surface area contributed by atoms with Gasteiger partial charge in [0.05, 0.1) is 6.54 Å². The fourth-order valence-corrected chi connectivity index (χ4v) is 2.04. The summed E-state index contributed by atoms with van der Waals surface area (Å²) >= 11 is 1.67. The Morgan fingerprint density at radius 2 is 2.50 bits per heavy atom.